The van der Waals surface area contributed by atoms with Crippen molar-refractivity contribution in [3.63, 3.8) is 0 Å². The van der Waals surface area contributed by atoms with Gasteiger partial charge in [-0.3, -0.25) is 5.41 Å². The third-order valence-electron chi connectivity index (χ3n) is 2.27. The van der Waals surface area contributed by atoms with Crippen LogP contribution in [-0.4, -0.2) is 5.84 Å². The number of ether oxygens (including phenoxy) is 1. The zero-order valence-electron chi connectivity index (χ0n) is 9.39. The molecule has 0 fully saturated rings. The highest BCUT2D eigenvalue weighted by Gasteiger charge is 1.99. The molecule has 0 unspecified atom stereocenters. The van der Waals surface area contributed by atoms with E-state index in [0.717, 1.165) is 17.1 Å². The van der Waals surface area contributed by atoms with Crippen LogP contribution in [0, 0.1) is 5.41 Å². The van der Waals surface area contributed by atoms with Gasteiger partial charge in [-0.25, -0.2) is 0 Å². The maximum Gasteiger partial charge on any atom is 0.127 e. The molecule has 86 valence electrons. The minimum Gasteiger partial charge on any atom is -0.457 e. The Balaban J connectivity index is 2.14. The van der Waals surface area contributed by atoms with Crippen molar-refractivity contribution >= 4 is 5.84 Å². The van der Waals surface area contributed by atoms with Crippen LogP contribution in [0.1, 0.15) is 5.56 Å². The van der Waals surface area contributed by atoms with Crippen LogP contribution in [0.25, 0.3) is 0 Å². The molecule has 0 aromatic heterocycles. The van der Waals surface area contributed by atoms with Gasteiger partial charge in [0.25, 0.3) is 0 Å². The monoisotopic (exact) mass is 226 g/mol. The second-order valence-electron chi connectivity index (χ2n) is 3.76. The Morgan fingerprint density at radius 2 is 1.71 bits per heavy atom. The fourth-order valence-electron chi connectivity index (χ4n) is 1.56. The summed E-state index contributed by atoms with van der Waals surface area (Å²) in [7, 11) is 0. The van der Waals surface area contributed by atoms with E-state index in [-0.39, 0.29) is 5.84 Å². The summed E-state index contributed by atoms with van der Waals surface area (Å²) in [6.45, 7) is 0. The lowest BCUT2D eigenvalue weighted by Gasteiger charge is -2.07. The van der Waals surface area contributed by atoms with Crippen LogP contribution in [0.2, 0.25) is 0 Å². The summed E-state index contributed by atoms with van der Waals surface area (Å²) in [5.74, 6) is 1.71. The van der Waals surface area contributed by atoms with Crippen molar-refractivity contribution in [3.05, 3.63) is 60.2 Å². The lowest BCUT2D eigenvalue weighted by Crippen LogP contribution is -2.12. The minimum absolute atomic E-state index is 0.155. The lowest BCUT2D eigenvalue weighted by atomic mass is 10.1. The first kappa shape index (κ1) is 11.2. The molecule has 0 atom stereocenters. The zero-order valence-corrected chi connectivity index (χ0v) is 9.39. The molecule has 0 aliphatic rings. The van der Waals surface area contributed by atoms with Crippen LogP contribution < -0.4 is 10.5 Å². The predicted molar refractivity (Wildman–Crippen MR) is 68.6 cm³/mol. The number of hydrogen-bond acceptors (Lipinski definition) is 2. The Bertz CT molecular complexity index is 509. The van der Waals surface area contributed by atoms with E-state index in [9.17, 15) is 0 Å². The highest BCUT2D eigenvalue weighted by atomic mass is 16.5. The van der Waals surface area contributed by atoms with E-state index in [4.69, 9.17) is 15.9 Å². The van der Waals surface area contributed by atoms with E-state index in [1.54, 1.807) is 0 Å². The maximum absolute atomic E-state index is 7.26. The van der Waals surface area contributed by atoms with Crippen LogP contribution in [-0.2, 0) is 6.42 Å². The van der Waals surface area contributed by atoms with Crippen LogP contribution in [0.3, 0.4) is 0 Å². The van der Waals surface area contributed by atoms with E-state index in [1.165, 1.54) is 0 Å². The molecule has 3 N–H and O–H groups in total. The van der Waals surface area contributed by atoms with Gasteiger partial charge in [-0.1, -0.05) is 30.3 Å². The third kappa shape index (κ3) is 3.34. The summed E-state index contributed by atoms with van der Waals surface area (Å²) >= 11 is 0. The summed E-state index contributed by atoms with van der Waals surface area (Å²) in [5, 5.41) is 7.26. The summed E-state index contributed by atoms with van der Waals surface area (Å²) in [5.41, 5.74) is 6.35. The van der Waals surface area contributed by atoms with Gasteiger partial charge in [0.15, 0.2) is 0 Å². The normalized spacial score (nSPS) is 9.88. The molecule has 0 bridgehead atoms. The van der Waals surface area contributed by atoms with E-state index >= 15 is 0 Å². The van der Waals surface area contributed by atoms with Crippen molar-refractivity contribution in [1.82, 2.24) is 0 Å². The van der Waals surface area contributed by atoms with Gasteiger partial charge >= 0.3 is 0 Å². The van der Waals surface area contributed by atoms with Crippen LogP contribution in [0.4, 0.5) is 0 Å². The van der Waals surface area contributed by atoms with Gasteiger partial charge in [0.1, 0.15) is 11.5 Å². The number of amidine groups is 1. The highest BCUT2D eigenvalue weighted by Crippen LogP contribution is 2.21. The molecule has 0 heterocycles. The molecule has 2 aromatic carbocycles. The Hall–Kier alpha value is -2.29. The predicted octanol–water partition coefficient (Wildman–Crippen LogP) is 2.96. The van der Waals surface area contributed by atoms with Crippen molar-refractivity contribution in [2.75, 3.05) is 0 Å². The molecule has 0 amide bonds. The van der Waals surface area contributed by atoms with Gasteiger partial charge in [0.05, 0.1) is 5.84 Å². The van der Waals surface area contributed by atoms with Crippen LogP contribution in [0.5, 0.6) is 11.5 Å². The Morgan fingerprint density at radius 3 is 2.41 bits per heavy atom. The first-order valence-corrected chi connectivity index (χ1v) is 5.39. The fourth-order valence-corrected chi connectivity index (χ4v) is 1.56. The molecule has 0 spiro atoms. The molecule has 0 radical (unpaired) electrons. The number of nitrogens with one attached hydrogen (secondary N) is 1. The number of nitrogens with two attached hydrogens (primary N) is 1. The summed E-state index contributed by atoms with van der Waals surface area (Å²) in [4.78, 5) is 0. The number of rotatable bonds is 4. The highest BCUT2D eigenvalue weighted by molar-refractivity contribution is 5.79. The zero-order chi connectivity index (χ0) is 12.1. The van der Waals surface area contributed by atoms with Crippen molar-refractivity contribution in [1.29, 1.82) is 5.41 Å². The van der Waals surface area contributed by atoms with E-state index < -0.39 is 0 Å². The molecule has 2 aromatic rings. The largest absolute Gasteiger partial charge is 0.457 e. The molecule has 0 aliphatic carbocycles. The lowest BCUT2D eigenvalue weighted by molar-refractivity contribution is 0.482. The van der Waals surface area contributed by atoms with E-state index in [0.29, 0.717) is 6.42 Å². The second kappa shape index (κ2) is 5.16. The molecule has 2 rings (SSSR count). The second-order valence-corrected chi connectivity index (χ2v) is 3.76. The Kier molecular flexibility index (Phi) is 3.40. The fraction of sp³-hybridized carbons (Fsp3) is 0.0714. The molecule has 0 saturated heterocycles. The Morgan fingerprint density at radius 1 is 1.00 bits per heavy atom. The summed E-state index contributed by atoms with van der Waals surface area (Å²) in [6, 6.07) is 17.2. The third-order valence-corrected chi connectivity index (χ3v) is 2.27. The first-order chi connectivity index (χ1) is 8.24. The standard InChI is InChI=1S/C14H14N2O/c15-14(16)10-11-5-4-8-13(9-11)17-12-6-2-1-3-7-12/h1-9H,10H2,(H3,15,16). The molecule has 0 saturated carbocycles. The summed E-state index contributed by atoms with van der Waals surface area (Å²) < 4.78 is 5.69. The topological polar surface area (TPSA) is 59.1 Å². The Labute approximate surface area is 100 Å². The van der Waals surface area contributed by atoms with Gasteiger partial charge in [-0.05, 0) is 29.8 Å². The average Bonchev–Trinajstić information content (AvgIpc) is 2.30. The smallest absolute Gasteiger partial charge is 0.127 e. The number of benzene rings is 2. The molecular weight excluding hydrogens is 212 g/mol. The molecule has 17 heavy (non-hydrogen) atoms. The molecule has 0 aliphatic heterocycles. The van der Waals surface area contributed by atoms with E-state index in [2.05, 4.69) is 0 Å². The molecule has 3 nitrogen and oxygen atoms in total. The quantitative estimate of drug-likeness (QED) is 0.622. The van der Waals surface area contributed by atoms with Gasteiger partial charge < -0.3 is 10.5 Å². The van der Waals surface area contributed by atoms with Gasteiger partial charge in [0, 0.05) is 6.42 Å². The van der Waals surface area contributed by atoms with Crippen molar-refractivity contribution in [3.8, 4) is 11.5 Å². The SMILES string of the molecule is N=C(N)Cc1cccc(Oc2ccccc2)c1. The average molecular weight is 226 g/mol. The maximum atomic E-state index is 7.26. The first-order valence-electron chi connectivity index (χ1n) is 5.39. The number of hydrogen-bond donors (Lipinski definition) is 2. The minimum atomic E-state index is 0.155. The van der Waals surface area contributed by atoms with Crippen LogP contribution in [0.15, 0.2) is 54.6 Å². The van der Waals surface area contributed by atoms with Crippen molar-refractivity contribution in [2.24, 2.45) is 5.73 Å². The number of para-hydroxylation sites is 1. The van der Waals surface area contributed by atoms with Gasteiger partial charge in [-0.15, -0.1) is 0 Å². The van der Waals surface area contributed by atoms with Gasteiger partial charge in [0.2, 0.25) is 0 Å². The van der Waals surface area contributed by atoms with Crippen LogP contribution >= 0.6 is 0 Å². The summed E-state index contributed by atoms with van der Waals surface area (Å²) in [6.07, 6.45) is 0.450. The van der Waals surface area contributed by atoms with Gasteiger partial charge in [-0.2, -0.15) is 0 Å². The van der Waals surface area contributed by atoms with Crippen molar-refractivity contribution in [2.45, 2.75) is 6.42 Å². The molecular formula is C14H14N2O. The molecule has 3 heteroatoms. The van der Waals surface area contributed by atoms with Crippen molar-refractivity contribution < 1.29 is 4.74 Å². The van der Waals surface area contributed by atoms with E-state index in [1.807, 2.05) is 54.6 Å².